The number of rotatable bonds is 6. The van der Waals surface area contributed by atoms with Gasteiger partial charge >= 0.3 is 0 Å². The van der Waals surface area contributed by atoms with E-state index < -0.39 is 0 Å². The second-order valence-electron chi connectivity index (χ2n) is 4.61. The van der Waals surface area contributed by atoms with Crippen molar-refractivity contribution in [3.05, 3.63) is 17.5 Å². The van der Waals surface area contributed by atoms with Crippen molar-refractivity contribution in [2.45, 2.75) is 52.1 Å². The summed E-state index contributed by atoms with van der Waals surface area (Å²) >= 11 is 0. The van der Waals surface area contributed by atoms with Gasteiger partial charge in [-0.2, -0.15) is 5.10 Å². The van der Waals surface area contributed by atoms with E-state index in [0.717, 1.165) is 25.3 Å². The molecule has 16 heavy (non-hydrogen) atoms. The van der Waals surface area contributed by atoms with E-state index in [2.05, 4.69) is 35.1 Å². The highest BCUT2D eigenvalue weighted by molar-refractivity contribution is 5.12. The summed E-state index contributed by atoms with van der Waals surface area (Å²) in [5, 5.41) is 4.56. The molecular formula is C12H22N4. The van der Waals surface area contributed by atoms with Gasteiger partial charge in [0.05, 0.1) is 5.69 Å². The van der Waals surface area contributed by atoms with Gasteiger partial charge in [-0.1, -0.05) is 6.92 Å². The van der Waals surface area contributed by atoms with Gasteiger partial charge in [-0.05, 0) is 38.2 Å². The minimum atomic E-state index is 0.423. The summed E-state index contributed by atoms with van der Waals surface area (Å²) in [7, 11) is 0. The van der Waals surface area contributed by atoms with Crippen LogP contribution >= 0.6 is 0 Å². The fraction of sp³-hybridized carbons (Fsp3) is 0.750. The lowest BCUT2D eigenvalue weighted by Gasteiger charge is -2.15. The summed E-state index contributed by atoms with van der Waals surface area (Å²) in [5.74, 6) is 6.39. The largest absolute Gasteiger partial charge is 0.271 e. The molecule has 1 aliphatic rings. The third kappa shape index (κ3) is 2.44. The van der Waals surface area contributed by atoms with Gasteiger partial charge in [-0.25, -0.2) is 0 Å². The molecule has 0 radical (unpaired) electrons. The van der Waals surface area contributed by atoms with E-state index in [1.807, 2.05) is 0 Å². The monoisotopic (exact) mass is 222 g/mol. The Morgan fingerprint density at radius 2 is 2.31 bits per heavy atom. The Balaban J connectivity index is 2.08. The van der Waals surface area contributed by atoms with E-state index in [1.54, 1.807) is 0 Å². The molecule has 0 spiro atoms. The Morgan fingerprint density at radius 3 is 2.81 bits per heavy atom. The SMILES string of the molecule is CCc1cc(CC(NN)C2CC2)n(CC)n1. The van der Waals surface area contributed by atoms with Crippen LogP contribution in [0, 0.1) is 5.92 Å². The molecule has 1 saturated carbocycles. The highest BCUT2D eigenvalue weighted by Gasteiger charge is 2.31. The van der Waals surface area contributed by atoms with Crippen molar-refractivity contribution in [1.82, 2.24) is 15.2 Å². The molecule has 4 nitrogen and oxygen atoms in total. The van der Waals surface area contributed by atoms with Crippen molar-refractivity contribution >= 4 is 0 Å². The smallest absolute Gasteiger partial charge is 0.0624 e. The van der Waals surface area contributed by atoms with Gasteiger partial charge < -0.3 is 0 Å². The van der Waals surface area contributed by atoms with Gasteiger partial charge in [0.15, 0.2) is 0 Å². The van der Waals surface area contributed by atoms with Crippen LogP contribution in [0.5, 0.6) is 0 Å². The predicted octanol–water partition coefficient (Wildman–Crippen LogP) is 1.25. The summed E-state index contributed by atoms with van der Waals surface area (Å²) in [6.07, 6.45) is 4.64. The first-order valence-electron chi connectivity index (χ1n) is 6.30. The van der Waals surface area contributed by atoms with Crippen molar-refractivity contribution in [2.24, 2.45) is 11.8 Å². The molecule has 2 rings (SSSR count). The number of hydrogen-bond acceptors (Lipinski definition) is 3. The fourth-order valence-electron chi connectivity index (χ4n) is 2.21. The zero-order chi connectivity index (χ0) is 11.5. The molecular weight excluding hydrogens is 200 g/mol. The number of nitrogens with one attached hydrogen (secondary N) is 1. The van der Waals surface area contributed by atoms with E-state index in [9.17, 15) is 0 Å². The van der Waals surface area contributed by atoms with Crippen LogP contribution in [0.15, 0.2) is 6.07 Å². The molecule has 0 amide bonds. The molecule has 3 N–H and O–H groups in total. The summed E-state index contributed by atoms with van der Waals surface area (Å²) in [6.45, 7) is 5.22. The maximum atomic E-state index is 5.61. The van der Waals surface area contributed by atoms with Crippen molar-refractivity contribution in [1.29, 1.82) is 0 Å². The van der Waals surface area contributed by atoms with Crippen molar-refractivity contribution in [3.63, 3.8) is 0 Å². The third-order valence-electron chi connectivity index (χ3n) is 3.41. The van der Waals surface area contributed by atoms with Crippen LogP contribution in [0.2, 0.25) is 0 Å². The molecule has 0 aromatic carbocycles. The fourth-order valence-corrected chi connectivity index (χ4v) is 2.21. The lowest BCUT2D eigenvalue weighted by molar-refractivity contribution is 0.454. The highest BCUT2D eigenvalue weighted by atomic mass is 15.3. The van der Waals surface area contributed by atoms with Gasteiger partial charge in [-0.3, -0.25) is 16.0 Å². The van der Waals surface area contributed by atoms with Gasteiger partial charge in [0.2, 0.25) is 0 Å². The van der Waals surface area contributed by atoms with Crippen LogP contribution in [-0.4, -0.2) is 15.8 Å². The topological polar surface area (TPSA) is 55.9 Å². The standard InChI is InChI=1S/C12H22N4/c1-3-10-7-11(16(4-2)15-10)8-12(14-13)9-5-6-9/h7,9,12,14H,3-6,8,13H2,1-2H3. The normalized spacial score (nSPS) is 17.7. The lowest BCUT2D eigenvalue weighted by Crippen LogP contribution is -2.38. The van der Waals surface area contributed by atoms with Gasteiger partial charge in [0.1, 0.15) is 0 Å². The number of hydrazine groups is 1. The minimum absolute atomic E-state index is 0.423. The van der Waals surface area contributed by atoms with Crippen LogP contribution in [0.25, 0.3) is 0 Å². The van der Waals surface area contributed by atoms with Crippen molar-refractivity contribution in [3.8, 4) is 0 Å². The molecule has 1 aromatic heterocycles. The maximum Gasteiger partial charge on any atom is 0.0624 e. The average Bonchev–Trinajstić information content (AvgIpc) is 3.07. The lowest BCUT2D eigenvalue weighted by atomic mass is 10.1. The molecule has 1 atom stereocenters. The molecule has 1 fully saturated rings. The molecule has 0 aliphatic heterocycles. The maximum absolute atomic E-state index is 5.61. The van der Waals surface area contributed by atoms with Gasteiger partial charge in [-0.15, -0.1) is 0 Å². The van der Waals surface area contributed by atoms with Gasteiger partial charge in [0, 0.05) is 24.7 Å². The van der Waals surface area contributed by atoms with Crippen LogP contribution in [-0.2, 0) is 19.4 Å². The molecule has 0 bridgehead atoms. The summed E-state index contributed by atoms with van der Waals surface area (Å²) < 4.78 is 2.10. The quantitative estimate of drug-likeness (QED) is 0.562. The van der Waals surface area contributed by atoms with Crippen molar-refractivity contribution < 1.29 is 0 Å². The second kappa shape index (κ2) is 4.97. The van der Waals surface area contributed by atoms with Crippen LogP contribution in [0.4, 0.5) is 0 Å². The average molecular weight is 222 g/mol. The van der Waals surface area contributed by atoms with Crippen LogP contribution in [0.3, 0.4) is 0 Å². The molecule has 1 heterocycles. The molecule has 1 aliphatic carbocycles. The Bertz CT molecular complexity index is 341. The van der Waals surface area contributed by atoms with E-state index >= 15 is 0 Å². The molecule has 1 unspecified atom stereocenters. The summed E-state index contributed by atoms with van der Waals surface area (Å²) in [6, 6.07) is 2.64. The van der Waals surface area contributed by atoms with Crippen molar-refractivity contribution in [2.75, 3.05) is 0 Å². The third-order valence-corrected chi connectivity index (χ3v) is 3.41. The molecule has 4 heteroatoms. The number of aryl methyl sites for hydroxylation is 2. The van der Waals surface area contributed by atoms with Crippen LogP contribution in [0.1, 0.15) is 38.1 Å². The predicted molar refractivity (Wildman–Crippen MR) is 64.8 cm³/mol. The number of hydrogen-bond donors (Lipinski definition) is 2. The summed E-state index contributed by atoms with van der Waals surface area (Å²) in [4.78, 5) is 0. The second-order valence-corrected chi connectivity index (χ2v) is 4.61. The Kier molecular flexibility index (Phi) is 3.61. The molecule has 90 valence electrons. The molecule has 0 saturated heterocycles. The van der Waals surface area contributed by atoms with E-state index in [0.29, 0.717) is 6.04 Å². The molecule has 1 aromatic rings. The number of nitrogens with two attached hydrogens (primary N) is 1. The number of aromatic nitrogens is 2. The first kappa shape index (κ1) is 11.6. The first-order chi connectivity index (χ1) is 7.78. The van der Waals surface area contributed by atoms with E-state index in [-0.39, 0.29) is 0 Å². The zero-order valence-corrected chi connectivity index (χ0v) is 10.2. The Morgan fingerprint density at radius 1 is 1.56 bits per heavy atom. The van der Waals surface area contributed by atoms with Crippen LogP contribution < -0.4 is 11.3 Å². The highest BCUT2D eigenvalue weighted by Crippen LogP contribution is 2.33. The first-order valence-corrected chi connectivity index (χ1v) is 6.30. The minimum Gasteiger partial charge on any atom is -0.271 e. The van der Waals surface area contributed by atoms with E-state index in [4.69, 9.17) is 5.84 Å². The Labute approximate surface area is 97.2 Å². The zero-order valence-electron chi connectivity index (χ0n) is 10.2. The Hall–Kier alpha value is -0.870. The van der Waals surface area contributed by atoms with E-state index in [1.165, 1.54) is 24.2 Å². The summed E-state index contributed by atoms with van der Waals surface area (Å²) in [5.41, 5.74) is 5.45. The van der Waals surface area contributed by atoms with Gasteiger partial charge in [0.25, 0.3) is 0 Å². The number of nitrogens with zero attached hydrogens (tertiary/aromatic N) is 2.